The van der Waals surface area contributed by atoms with E-state index in [0.29, 0.717) is 19.4 Å². The third-order valence-corrected chi connectivity index (χ3v) is 4.12. The number of tetrazole rings is 1. The first kappa shape index (κ1) is 19.4. The summed E-state index contributed by atoms with van der Waals surface area (Å²) >= 11 is 0. The molecule has 0 spiro atoms. The lowest BCUT2D eigenvalue weighted by Crippen LogP contribution is -2.35. The minimum absolute atomic E-state index is 0.101. The number of nitrogens with one attached hydrogen (secondary N) is 1. The number of amides is 1. The van der Waals surface area contributed by atoms with Crippen LogP contribution in [0.15, 0.2) is 60.9 Å². The van der Waals surface area contributed by atoms with E-state index in [9.17, 15) is 13.6 Å². The minimum Gasteiger partial charge on any atom is -0.435 e. The summed E-state index contributed by atoms with van der Waals surface area (Å²) in [5.41, 5.74) is 1.89. The second-order valence-corrected chi connectivity index (χ2v) is 6.06. The molecule has 1 atom stereocenters. The van der Waals surface area contributed by atoms with Crippen LogP contribution in [0.2, 0.25) is 0 Å². The molecular weight excluding hydrogens is 368 g/mol. The molecule has 1 heterocycles. The van der Waals surface area contributed by atoms with E-state index < -0.39 is 12.7 Å². The molecule has 3 aromatic rings. The lowest BCUT2D eigenvalue weighted by molar-refractivity contribution is -0.124. The van der Waals surface area contributed by atoms with Crippen LogP contribution in [-0.4, -0.2) is 39.3 Å². The van der Waals surface area contributed by atoms with Gasteiger partial charge in [-0.2, -0.15) is 8.78 Å². The van der Waals surface area contributed by atoms with E-state index in [4.69, 9.17) is 0 Å². The SMILES string of the molecule is O=C(NCCc1ccc(OC(F)F)cc1)C(Cc1ccccc1)n1cnnn1. The molecule has 0 saturated heterocycles. The summed E-state index contributed by atoms with van der Waals surface area (Å²) in [6, 6.07) is 15.4. The summed E-state index contributed by atoms with van der Waals surface area (Å²) < 4.78 is 30.1. The van der Waals surface area contributed by atoms with E-state index in [1.165, 1.54) is 23.1 Å². The van der Waals surface area contributed by atoms with Gasteiger partial charge in [0.1, 0.15) is 18.1 Å². The Morgan fingerprint density at radius 2 is 1.82 bits per heavy atom. The number of alkyl halides is 2. The van der Waals surface area contributed by atoms with Crippen molar-refractivity contribution in [3.8, 4) is 5.75 Å². The first-order valence-corrected chi connectivity index (χ1v) is 8.69. The van der Waals surface area contributed by atoms with Crippen molar-refractivity contribution in [1.29, 1.82) is 0 Å². The van der Waals surface area contributed by atoms with Gasteiger partial charge in [0.2, 0.25) is 5.91 Å². The van der Waals surface area contributed by atoms with Gasteiger partial charge < -0.3 is 10.1 Å². The second-order valence-electron chi connectivity index (χ2n) is 6.06. The first-order chi connectivity index (χ1) is 13.6. The Kier molecular flexibility index (Phi) is 6.61. The van der Waals surface area contributed by atoms with Gasteiger partial charge in [0.25, 0.3) is 0 Å². The van der Waals surface area contributed by atoms with Crippen LogP contribution in [0.25, 0.3) is 0 Å². The standard InChI is InChI=1S/C19H19F2N5O2/c20-19(21)28-16-8-6-14(7-9-16)10-11-22-18(27)17(26-13-23-24-25-26)12-15-4-2-1-3-5-15/h1-9,13,17,19H,10-12H2,(H,22,27). The van der Waals surface area contributed by atoms with Crippen molar-refractivity contribution in [2.75, 3.05) is 6.54 Å². The summed E-state index contributed by atoms with van der Waals surface area (Å²) in [7, 11) is 0. The fraction of sp³-hybridized carbons (Fsp3) is 0.263. The average molecular weight is 387 g/mol. The number of ether oxygens (including phenoxy) is 1. The number of rotatable bonds is 9. The highest BCUT2D eigenvalue weighted by molar-refractivity contribution is 5.80. The normalized spacial score (nSPS) is 12.0. The largest absolute Gasteiger partial charge is 0.435 e. The Bertz CT molecular complexity index is 858. The summed E-state index contributed by atoms with van der Waals surface area (Å²) in [5.74, 6) is -0.0989. The Morgan fingerprint density at radius 1 is 1.07 bits per heavy atom. The highest BCUT2D eigenvalue weighted by atomic mass is 19.3. The van der Waals surface area contributed by atoms with Gasteiger partial charge in [-0.15, -0.1) is 5.10 Å². The number of hydrogen-bond acceptors (Lipinski definition) is 5. The first-order valence-electron chi connectivity index (χ1n) is 8.69. The average Bonchev–Trinajstić information content (AvgIpc) is 3.22. The summed E-state index contributed by atoms with van der Waals surface area (Å²) in [6.45, 7) is -2.46. The third kappa shape index (κ3) is 5.57. The number of halogens is 2. The van der Waals surface area contributed by atoms with Crippen molar-refractivity contribution in [3.05, 3.63) is 72.1 Å². The van der Waals surface area contributed by atoms with Gasteiger partial charge in [0.05, 0.1) is 0 Å². The molecule has 1 amide bonds. The molecule has 146 valence electrons. The van der Waals surface area contributed by atoms with Gasteiger partial charge in [-0.25, -0.2) is 4.68 Å². The fourth-order valence-electron chi connectivity index (χ4n) is 2.74. The topological polar surface area (TPSA) is 81.9 Å². The number of nitrogens with zero attached hydrogens (tertiary/aromatic N) is 4. The number of carbonyl (C=O) groups excluding carboxylic acids is 1. The smallest absolute Gasteiger partial charge is 0.387 e. The number of hydrogen-bond donors (Lipinski definition) is 1. The lowest BCUT2D eigenvalue weighted by atomic mass is 10.1. The maximum absolute atomic E-state index is 12.7. The zero-order valence-electron chi connectivity index (χ0n) is 14.9. The molecule has 0 radical (unpaired) electrons. The van der Waals surface area contributed by atoms with E-state index in [1.807, 2.05) is 30.3 Å². The molecule has 0 aliphatic rings. The maximum Gasteiger partial charge on any atom is 0.387 e. The van der Waals surface area contributed by atoms with Gasteiger partial charge in [0, 0.05) is 13.0 Å². The van der Waals surface area contributed by atoms with Gasteiger partial charge in [-0.3, -0.25) is 4.79 Å². The Balaban J connectivity index is 1.56. The highest BCUT2D eigenvalue weighted by Gasteiger charge is 2.21. The molecule has 0 aliphatic carbocycles. The zero-order valence-corrected chi connectivity index (χ0v) is 14.9. The van der Waals surface area contributed by atoms with Crippen molar-refractivity contribution < 1.29 is 18.3 Å². The zero-order chi connectivity index (χ0) is 19.8. The van der Waals surface area contributed by atoms with Gasteiger partial charge >= 0.3 is 6.61 Å². The molecule has 28 heavy (non-hydrogen) atoms. The van der Waals surface area contributed by atoms with Crippen LogP contribution in [0, 0.1) is 0 Å². The van der Waals surface area contributed by atoms with Crippen molar-refractivity contribution in [2.24, 2.45) is 0 Å². The molecule has 0 fully saturated rings. The van der Waals surface area contributed by atoms with Crippen LogP contribution in [0.5, 0.6) is 5.75 Å². The molecule has 7 nitrogen and oxygen atoms in total. The van der Waals surface area contributed by atoms with Crippen molar-refractivity contribution >= 4 is 5.91 Å². The molecule has 1 N–H and O–H groups in total. The fourth-order valence-corrected chi connectivity index (χ4v) is 2.74. The predicted octanol–water partition coefficient (Wildman–Crippen LogP) is 2.42. The molecule has 0 saturated carbocycles. The molecule has 2 aromatic carbocycles. The van der Waals surface area contributed by atoms with Crippen LogP contribution >= 0.6 is 0 Å². The summed E-state index contributed by atoms with van der Waals surface area (Å²) in [6.07, 6.45) is 2.42. The molecule has 0 bridgehead atoms. The van der Waals surface area contributed by atoms with E-state index in [1.54, 1.807) is 12.1 Å². The molecule has 1 aromatic heterocycles. The number of benzene rings is 2. The van der Waals surface area contributed by atoms with Crippen LogP contribution in [-0.2, 0) is 17.6 Å². The lowest BCUT2D eigenvalue weighted by Gasteiger charge is -2.16. The third-order valence-electron chi connectivity index (χ3n) is 4.12. The van der Waals surface area contributed by atoms with Crippen LogP contribution in [0.4, 0.5) is 8.78 Å². The van der Waals surface area contributed by atoms with Crippen molar-refractivity contribution in [3.63, 3.8) is 0 Å². The predicted molar refractivity (Wildman–Crippen MR) is 96.8 cm³/mol. The van der Waals surface area contributed by atoms with Crippen LogP contribution in [0.3, 0.4) is 0 Å². The van der Waals surface area contributed by atoms with E-state index in [0.717, 1.165) is 11.1 Å². The molecule has 9 heteroatoms. The summed E-state index contributed by atoms with van der Waals surface area (Å²) in [4.78, 5) is 12.7. The second kappa shape index (κ2) is 9.54. The monoisotopic (exact) mass is 387 g/mol. The summed E-state index contributed by atoms with van der Waals surface area (Å²) in [5, 5.41) is 14.0. The van der Waals surface area contributed by atoms with Crippen LogP contribution < -0.4 is 10.1 Å². The van der Waals surface area contributed by atoms with E-state index in [-0.39, 0.29) is 11.7 Å². The molecule has 3 rings (SSSR count). The van der Waals surface area contributed by atoms with Crippen molar-refractivity contribution in [1.82, 2.24) is 25.5 Å². The quantitative estimate of drug-likeness (QED) is 0.610. The van der Waals surface area contributed by atoms with E-state index in [2.05, 4.69) is 25.6 Å². The van der Waals surface area contributed by atoms with E-state index >= 15 is 0 Å². The van der Waals surface area contributed by atoms with Gasteiger partial charge in [-0.05, 0) is 40.1 Å². The Labute approximate surface area is 160 Å². The Hall–Kier alpha value is -3.36. The van der Waals surface area contributed by atoms with Gasteiger partial charge in [-0.1, -0.05) is 42.5 Å². The molecular formula is C19H19F2N5O2. The minimum atomic E-state index is -2.85. The maximum atomic E-state index is 12.7. The molecule has 0 aliphatic heterocycles. The Morgan fingerprint density at radius 3 is 2.46 bits per heavy atom. The van der Waals surface area contributed by atoms with Crippen LogP contribution in [0.1, 0.15) is 17.2 Å². The van der Waals surface area contributed by atoms with Crippen molar-refractivity contribution in [2.45, 2.75) is 25.5 Å². The number of aromatic nitrogens is 4. The highest BCUT2D eigenvalue weighted by Crippen LogP contribution is 2.16. The molecule has 1 unspecified atom stereocenters. The van der Waals surface area contributed by atoms with Gasteiger partial charge in [0.15, 0.2) is 0 Å². The number of carbonyl (C=O) groups is 1.